The van der Waals surface area contributed by atoms with Gasteiger partial charge in [-0.3, -0.25) is 0 Å². The van der Waals surface area contributed by atoms with E-state index in [-0.39, 0.29) is 5.60 Å². The van der Waals surface area contributed by atoms with E-state index in [0.29, 0.717) is 17.6 Å². The van der Waals surface area contributed by atoms with Gasteiger partial charge >= 0.3 is 0 Å². The fraction of sp³-hybridized carbons (Fsp3) is 1.00. The summed E-state index contributed by atoms with van der Waals surface area (Å²) in [5.74, 6) is 0. The first-order chi connectivity index (χ1) is 8.45. The van der Waals surface area contributed by atoms with Gasteiger partial charge in [0.05, 0.1) is 11.7 Å². The molecule has 0 heterocycles. The van der Waals surface area contributed by atoms with E-state index in [9.17, 15) is 0 Å². The highest BCUT2D eigenvalue weighted by molar-refractivity contribution is 5.06. The quantitative estimate of drug-likeness (QED) is 0.725. The second-order valence-electron chi connectivity index (χ2n) is 6.09. The minimum atomic E-state index is -0.0761. The number of ether oxygens (including phenoxy) is 2. The van der Waals surface area contributed by atoms with Crippen LogP contribution >= 0.6 is 0 Å². The number of nitrogens with one attached hydrogen (secondary N) is 1. The first kappa shape index (κ1) is 15.9. The van der Waals surface area contributed by atoms with Gasteiger partial charge in [0, 0.05) is 25.2 Å². The van der Waals surface area contributed by atoms with Crippen LogP contribution in [0.4, 0.5) is 0 Å². The lowest BCUT2D eigenvalue weighted by molar-refractivity contribution is -0.147. The third-order valence-electron chi connectivity index (χ3n) is 5.03. The molecule has 1 rings (SSSR count). The van der Waals surface area contributed by atoms with Crippen molar-refractivity contribution in [3.63, 3.8) is 0 Å². The maximum atomic E-state index is 6.13. The van der Waals surface area contributed by atoms with Crippen molar-refractivity contribution in [3.05, 3.63) is 0 Å². The van der Waals surface area contributed by atoms with E-state index in [0.717, 1.165) is 19.4 Å². The molecule has 0 aromatic rings. The Morgan fingerprint density at radius 2 is 1.89 bits per heavy atom. The average molecular weight is 257 g/mol. The number of rotatable bonds is 8. The van der Waals surface area contributed by atoms with Gasteiger partial charge in [-0.25, -0.2) is 0 Å². The molecule has 0 spiro atoms. The van der Waals surface area contributed by atoms with Crippen LogP contribution in [0.2, 0.25) is 0 Å². The van der Waals surface area contributed by atoms with E-state index in [1.54, 1.807) is 7.11 Å². The molecule has 2 atom stereocenters. The topological polar surface area (TPSA) is 30.5 Å². The van der Waals surface area contributed by atoms with Gasteiger partial charge in [0.1, 0.15) is 0 Å². The lowest BCUT2D eigenvalue weighted by Crippen LogP contribution is -2.62. The first-order valence-electron chi connectivity index (χ1n) is 7.29. The van der Waals surface area contributed by atoms with Crippen LogP contribution in [0.3, 0.4) is 0 Å². The molecular weight excluding hydrogens is 226 g/mol. The molecule has 0 radical (unpaired) electrons. The van der Waals surface area contributed by atoms with E-state index in [1.165, 1.54) is 12.8 Å². The molecule has 108 valence electrons. The summed E-state index contributed by atoms with van der Waals surface area (Å²) in [7, 11) is 3.83. The van der Waals surface area contributed by atoms with Crippen molar-refractivity contribution < 1.29 is 9.47 Å². The summed E-state index contributed by atoms with van der Waals surface area (Å²) in [6, 6.07) is 0.618. The molecule has 1 aliphatic carbocycles. The zero-order chi connectivity index (χ0) is 13.8. The van der Waals surface area contributed by atoms with Crippen LogP contribution in [0, 0.1) is 5.41 Å². The molecule has 0 bridgehead atoms. The Morgan fingerprint density at radius 3 is 2.33 bits per heavy atom. The Bertz CT molecular complexity index is 249. The summed E-state index contributed by atoms with van der Waals surface area (Å²) in [6.45, 7) is 9.58. The van der Waals surface area contributed by atoms with Gasteiger partial charge in [0.15, 0.2) is 0 Å². The molecule has 3 nitrogen and oxygen atoms in total. The van der Waals surface area contributed by atoms with Crippen molar-refractivity contribution in [1.29, 1.82) is 0 Å². The van der Waals surface area contributed by atoms with E-state index in [1.807, 2.05) is 0 Å². The van der Waals surface area contributed by atoms with Gasteiger partial charge in [0.2, 0.25) is 0 Å². The van der Waals surface area contributed by atoms with E-state index in [4.69, 9.17) is 9.47 Å². The largest absolute Gasteiger partial charge is 0.379 e. The molecule has 0 aliphatic heterocycles. The van der Waals surface area contributed by atoms with Crippen molar-refractivity contribution in [1.82, 2.24) is 5.32 Å². The van der Waals surface area contributed by atoms with Gasteiger partial charge in [-0.15, -0.1) is 0 Å². The van der Waals surface area contributed by atoms with Crippen molar-refractivity contribution in [2.45, 2.75) is 71.1 Å². The highest BCUT2D eigenvalue weighted by Crippen LogP contribution is 2.48. The molecule has 1 N–H and O–H groups in total. The molecule has 0 aromatic heterocycles. The minimum Gasteiger partial charge on any atom is -0.379 e. The fourth-order valence-electron chi connectivity index (χ4n) is 3.13. The summed E-state index contributed by atoms with van der Waals surface area (Å²) in [5, 5.41) is 3.44. The summed E-state index contributed by atoms with van der Waals surface area (Å²) < 4.78 is 11.6. The van der Waals surface area contributed by atoms with Gasteiger partial charge in [-0.05, 0) is 46.6 Å². The zero-order valence-corrected chi connectivity index (χ0v) is 13.0. The van der Waals surface area contributed by atoms with E-state index < -0.39 is 0 Å². The van der Waals surface area contributed by atoms with Crippen molar-refractivity contribution in [3.8, 4) is 0 Å². The Balaban J connectivity index is 2.44. The summed E-state index contributed by atoms with van der Waals surface area (Å²) in [5.41, 5.74) is 0.263. The van der Waals surface area contributed by atoms with Crippen molar-refractivity contribution >= 4 is 0 Å². The minimum absolute atomic E-state index is 0.0761. The molecule has 18 heavy (non-hydrogen) atoms. The predicted molar refractivity (Wildman–Crippen MR) is 75.9 cm³/mol. The maximum absolute atomic E-state index is 6.13. The van der Waals surface area contributed by atoms with Gasteiger partial charge in [0.25, 0.3) is 0 Å². The third kappa shape index (κ3) is 3.06. The van der Waals surface area contributed by atoms with Gasteiger partial charge in [-0.1, -0.05) is 13.8 Å². The van der Waals surface area contributed by atoms with Crippen LogP contribution in [-0.2, 0) is 9.47 Å². The lowest BCUT2D eigenvalue weighted by Gasteiger charge is -2.55. The summed E-state index contributed by atoms with van der Waals surface area (Å²) in [6.07, 6.45) is 4.89. The fourth-order valence-corrected chi connectivity index (χ4v) is 3.13. The molecule has 2 unspecified atom stereocenters. The van der Waals surface area contributed by atoms with Crippen LogP contribution in [0.15, 0.2) is 0 Å². The monoisotopic (exact) mass is 257 g/mol. The lowest BCUT2D eigenvalue weighted by atomic mass is 9.58. The van der Waals surface area contributed by atoms with Crippen LogP contribution in [-0.4, -0.2) is 38.5 Å². The van der Waals surface area contributed by atoms with E-state index >= 15 is 0 Å². The molecule has 1 fully saturated rings. The van der Waals surface area contributed by atoms with Gasteiger partial charge in [-0.2, -0.15) is 0 Å². The zero-order valence-electron chi connectivity index (χ0n) is 13.0. The smallest absolute Gasteiger partial charge is 0.0661 e. The van der Waals surface area contributed by atoms with Crippen molar-refractivity contribution in [2.24, 2.45) is 5.41 Å². The normalized spacial score (nSPS) is 27.0. The predicted octanol–water partition coefficient (Wildman–Crippen LogP) is 2.98. The second-order valence-corrected chi connectivity index (χ2v) is 6.09. The number of hydrogen-bond donors (Lipinski definition) is 1. The van der Waals surface area contributed by atoms with Crippen LogP contribution < -0.4 is 5.32 Å². The molecule has 0 saturated heterocycles. The second kappa shape index (κ2) is 6.36. The molecule has 1 saturated carbocycles. The Hall–Kier alpha value is -0.120. The van der Waals surface area contributed by atoms with Crippen molar-refractivity contribution in [2.75, 3.05) is 20.8 Å². The average Bonchev–Trinajstić information content (AvgIpc) is 2.34. The highest BCUT2D eigenvalue weighted by Gasteiger charge is 2.52. The van der Waals surface area contributed by atoms with E-state index in [2.05, 4.69) is 40.1 Å². The maximum Gasteiger partial charge on any atom is 0.0661 e. The van der Waals surface area contributed by atoms with Gasteiger partial charge < -0.3 is 14.8 Å². The summed E-state index contributed by atoms with van der Waals surface area (Å²) >= 11 is 0. The standard InChI is InChI=1S/C15H31NO2/c1-7-15(8-2)12(16-5)11-13(15)18-10-9-14(3,4)17-6/h12-13,16H,7-11H2,1-6H3. The third-order valence-corrected chi connectivity index (χ3v) is 5.03. The number of hydrogen-bond acceptors (Lipinski definition) is 3. The van der Waals surface area contributed by atoms with Crippen LogP contribution in [0.5, 0.6) is 0 Å². The molecular formula is C15H31NO2. The molecule has 1 aliphatic rings. The Labute approximate surface area is 113 Å². The highest BCUT2D eigenvalue weighted by atomic mass is 16.5. The number of methoxy groups -OCH3 is 1. The molecule has 0 amide bonds. The van der Waals surface area contributed by atoms with Crippen LogP contribution in [0.25, 0.3) is 0 Å². The Kier molecular flexibility index (Phi) is 5.63. The molecule has 0 aromatic carbocycles. The Morgan fingerprint density at radius 1 is 1.28 bits per heavy atom. The van der Waals surface area contributed by atoms with Crippen LogP contribution in [0.1, 0.15) is 53.4 Å². The SMILES string of the molecule is CCC1(CC)C(NC)CC1OCCC(C)(C)OC. The first-order valence-corrected chi connectivity index (χ1v) is 7.29. The summed E-state index contributed by atoms with van der Waals surface area (Å²) in [4.78, 5) is 0. The molecule has 3 heteroatoms.